The number of aliphatic hydroxyl groups excluding tert-OH is 1. The second-order valence-corrected chi connectivity index (χ2v) is 12.8. The van der Waals surface area contributed by atoms with Crippen LogP contribution in [0.15, 0.2) is 36.4 Å². The Morgan fingerprint density at radius 1 is 1.16 bits per heavy atom. The summed E-state index contributed by atoms with van der Waals surface area (Å²) >= 11 is 12.7. The molecule has 10 heteroatoms. The lowest BCUT2D eigenvalue weighted by Crippen LogP contribution is -2.42. The summed E-state index contributed by atoms with van der Waals surface area (Å²) in [5.74, 6) is 1.02. The zero-order chi connectivity index (χ0) is 26.5. The fourth-order valence-electron chi connectivity index (χ4n) is 5.92. The molecule has 1 spiro atoms. The van der Waals surface area contributed by atoms with Crippen LogP contribution in [0.2, 0.25) is 10.0 Å². The highest BCUT2D eigenvalue weighted by atomic mass is 35.5. The van der Waals surface area contributed by atoms with Crippen LogP contribution in [-0.4, -0.2) is 42.8 Å². The topological polar surface area (TPSA) is 95.4 Å². The molecule has 2 aliphatic rings. The average Bonchev–Trinajstić information content (AvgIpc) is 3.11. The summed E-state index contributed by atoms with van der Waals surface area (Å²) in [7, 11) is -3.32. The van der Waals surface area contributed by atoms with Gasteiger partial charge in [0.25, 0.3) is 0 Å². The van der Waals surface area contributed by atoms with E-state index in [1.807, 2.05) is 31.2 Å². The molecule has 1 aromatic heterocycles. The highest BCUT2D eigenvalue weighted by molar-refractivity contribution is 7.92. The third kappa shape index (κ3) is 4.92. The molecule has 1 aliphatic carbocycles. The first kappa shape index (κ1) is 26.2. The Kier molecular flexibility index (Phi) is 6.90. The van der Waals surface area contributed by atoms with E-state index in [1.54, 1.807) is 6.07 Å². The monoisotopic (exact) mass is 560 g/mol. The van der Waals surface area contributed by atoms with Crippen LogP contribution in [0.3, 0.4) is 0 Å². The maximum absolute atomic E-state index is 11.7. The van der Waals surface area contributed by atoms with E-state index < -0.39 is 10.0 Å². The number of anilines is 2. The molecule has 37 heavy (non-hydrogen) atoms. The van der Waals surface area contributed by atoms with Crippen molar-refractivity contribution in [2.24, 2.45) is 5.41 Å². The van der Waals surface area contributed by atoms with Crippen LogP contribution in [0.1, 0.15) is 48.2 Å². The van der Waals surface area contributed by atoms with Crippen molar-refractivity contribution in [2.45, 2.75) is 45.6 Å². The molecule has 0 bridgehead atoms. The number of aromatic nitrogens is 2. The first-order valence-corrected chi connectivity index (χ1v) is 14.9. The number of nitrogens with zero attached hydrogens (tertiary/aromatic N) is 3. The Bertz CT molecular complexity index is 1470. The minimum atomic E-state index is -3.32. The van der Waals surface area contributed by atoms with E-state index in [0.29, 0.717) is 44.4 Å². The van der Waals surface area contributed by atoms with Gasteiger partial charge in [0.05, 0.1) is 34.3 Å². The second-order valence-electron chi connectivity index (χ2n) is 10.2. The van der Waals surface area contributed by atoms with Crippen molar-refractivity contribution in [3.8, 4) is 11.3 Å². The lowest BCUT2D eigenvalue weighted by molar-refractivity contribution is 0.193. The third-order valence-corrected chi connectivity index (χ3v) is 9.34. The zero-order valence-electron chi connectivity index (χ0n) is 21.1. The summed E-state index contributed by atoms with van der Waals surface area (Å²) in [6.07, 6.45) is 4.07. The quantitative estimate of drug-likeness (QED) is 0.423. The maximum atomic E-state index is 11.7. The summed E-state index contributed by atoms with van der Waals surface area (Å²) in [6, 6.07) is 11.3. The van der Waals surface area contributed by atoms with Crippen LogP contribution in [0.25, 0.3) is 11.3 Å². The Morgan fingerprint density at radius 3 is 2.57 bits per heavy atom. The Balaban J connectivity index is 1.38. The van der Waals surface area contributed by atoms with Crippen molar-refractivity contribution in [3.63, 3.8) is 0 Å². The minimum absolute atomic E-state index is 0.110. The third-order valence-electron chi connectivity index (χ3n) is 7.91. The van der Waals surface area contributed by atoms with E-state index >= 15 is 0 Å². The fraction of sp³-hybridized carbons (Fsp3) is 0.407. The van der Waals surface area contributed by atoms with Gasteiger partial charge in [-0.05, 0) is 66.8 Å². The van der Waals surface area contributed by atoms with Gasteiger partial charge in [-0.15, -0.1) is 0 Å². The summed E-state index contributed by atoms with van der Waals surface area (Å²) in [4.78, 5) is 11.8. The molecule has 2 aromatic carbocycles. The van der Waals surface area contributed by atoms with Crippen LogP contribution in [0, 0.1) is 12.3 Å². The molecule has 196 valence electrons. The van der Waals surface area contributed by atoms with Crippen molar-refractivity contribution in [1.82, 2.24) is 9.97 Å². The molecule has 5 rings (SSSR count). The SMILES string of the molecule is Cc1nc(N2CCC3(CC2)Cc2ccc(NS(C)(=O)=O)cc2[C@H]3C)c(CO)nc1-c1cccc(Cl)c1Cl. The zero-order valence-corrected chi connectivity index (χ0v) is 23.4. The predicted octanol–water partition coefficient (Wildman–Crippen LogP) is 5.57. The molecule has 0 unspecified atom stereocenters. The molecule has 1 atom stereocenters. The van der Waals surface area contributed by atoms with E-state index in [9.17, 15) is 13.5 Å². The van der Waals surface area contributed by atoms with E-state index in [4.69, 9.17) is 33.2 Å². The molecule has 0 radical (unpaired) electrons. The number of hydrogen-bond acceptors (Lipinski definition) is 6. The maximum Gasteiger partial charge on any atom is 0.229 e. The van der Waals surface area contributed by atoms with Crippen molar-refractivity contribution >= 4 is 44.7 Å². The molecule has 1 fully saturated rings. The number of hydrogen-bond donors (Lipinski definition) is 2. The number of benzene rings is 2. The van der Waals surface area contributed by atoms with Crippen LogP contribution < -0.4 is 9.62 Å². The van der Waals surface area contributed by atoms with Gasteiger partial charge in [-0.2, -0.15) is 0 Å². The molecule has 0 amide bonds. The Hall–Kier alpha value is -2.39. The van der Waals surface area contributed by atoms with Crippen molar-refractivity contribution in [1.29, 1.82) is 0 Å². The van der Waals surface area contributed by atoms with Gasteiger partial charge < -0.3 is 10.0 Å². The van der Waals surface area contributed by atoms with Gasteiger partial charge in [0.15, 0.2) is 5.82 Å². The van der Waals surface area contributed by atoms with Gasteiger partial charge >= 0.3 is 0 Å². The predicted molar refractivity (Wildman–Crippen MR) is 149 cm³/mol. The number of aliphatic hydroxyl groups is 1. The summed E-state index contributed by atoms with van der Waals surface area (Å²) in [6.45, 7) is 5.51. The number of fused-ring (bicyclic) bond motifs is 1. The van der Waals surface area contributed by atoms with Crippen LogP contribution in [-0.2, 0) is 23.1 Å². The first-order chi connectivity index (χ1) is 17.5. The largest absolute Gasteiger partial charge is 0.390 e. The van der Waals surface area contributed by atoms with E-state index in [1.165, 1.54) is 17.4 Å². The first-order valence-electron chi connectivity index (χ1n) is 12.3. The van der Waals surface area contributed by atoms with Crippen LogP contribution >= 0.6 is 23.2 Å². The number of rotatable bonds is 5. The molecule has 1 saturated heterocycles. The minimum Gasteiger partial charge on any atom is -0.390 e. The smallest absolute Gasteiger partial charge is 0.229 e. The molecule has 0 saturated carbocycles. The van der Waals surface area contributed by atoms with Gasteiger partial charge in [-0.3, -0.25) is 4.72 Å². The second kappa shape index (κ2) is 9.73. The number of halogens is 2. The highest BCUT2D eigenvalue weighted by Crippen LogP contribution is 2.54. The molecule has 2 N–H and O–H groups in total. The van der Waals surface area contributed by atoms with Gasteiger partial charge in [0, 0.05) is 24.3 Å². The van der Waals surface area contributed by atoms with Crippen molar-refractivity contribution in [3.05, 3.63) is 69.0 Å². The highest BCUT2D eigenvalue weighted by Gasteiger charge is 2.45. The lowest BCUT2D eigenvalue weighted by Gasteiger charge is -2.43. The fourth-order valence-corrected chi connectivity index (χ4v) is 6.86. The van der Waals surface area contributed by atoms with Crippen LogP contribution in [0.5, 0.6) is 0 Å². The summed E-state index contributed by atoms with van der Waals surface area (Å²) in [5.41, 5.74) is 5.79. The van der Waals surface area contributed by atoms with E-state index in [2.05, 4.69) is 22.6 Å². The lowest BCUT2D eigenvalue weighted by atomic mass is 9.70. The van der Waals surface area contributed by atoms with Crippen molar-refractivity contribution < 1.29 is 13.5 Å². The normalized spacial score (nSPS) is 18.8. The Labute approximate surface area is 227 Å². The molecule has 2 heterocycles. The standard InChI is InChI=1S/C27H30Cl2N4O3S/c1-16-21-13-19(32-37(3,35)36)8-7-18(21)14-27(16)9-11-33(12-10-27)26-23(15-34)31-25(17(2)30-26)20-5-4-6-22(28)24(20)29/h4-8,13,16,32,34H,9-12,14-15H2,1-3H3/t16-/m1/s1. The molecule has 7 nitrogen and oxygen atoms in total. The molecular weight excluding hydrogens is 531 g/mol. The molecule has 1 aliphatic heterocycles. The number of nitrogens with one attached hydrogen (secondary N) is 1. The van der Waals surface area contributed by atoms with E-state index in [-0.39, 0.29) is 12.0 Å². The summed E-state index contributed by atoms with van der Waals surface area (Å²) < 4.78 is 26.0. The molecule has 3 aromatic rings. The van der Waals surface area contributed by atoms with Crippen LogP contribution in [0.4, 0.5) is 11.5 Å². The van der Waals surface area contributed by atoms with Gasteiger partial charge in [-0.1, -0.05) is 48.3 Å². The number of sulfonamides is 1. The van der Waals surface area contributed by atoms with Crippen molar-refractivity contribution in [2.75, 3.05) is 29.0 Å². The summed E-state index contributed by atoms with van der Waals surface area (Å²) in [5, 5.41) is 11.0. The number of aryl methyl sites for hydroxylation is 1. The molecular formula is C27H30Cl2N4O3S. The van der Waals surface area contributed by atoms with Gasteiger partial charge in [0.2, 0.25) is 10.0 Å². The Morgan fingerprint density at radius 2 is 1.89 bits per heavy atom. The van der Waals surface area contributed by atoms with Gasteiger partial charge in [0.1, 0.15) is 5.69 Å². The van der Waals surface area contributed by atoms with Gasteiger partial charge in [-0.25, -0.2) is 18.4 Å². The average molecular weight is 562 g/mol. The van der Waals surface area contributed by atoms with E-state index in [0.717, 1.165) is 38.0 Å². The number of piperidine rings is 1.